The summed E-state index contributed by atoms with van der Waals surface area (Å²) in [6, 6.07) is 6.95. The van der Waals surface area contributed by atoms with Crippen LogP contribution >= 0.6 is 0 Å². The van der Waals surface area contributed by atoms with Gasteiger partial charge < -0.3 is 19.2 Å². The van der Waals surface area contributed by atoms with E-state index in [0.717, 1.165) is 6.07 Å². The van der Waals surface area contributed by atoms with Crippen molar-refractivity contribution in [2.75, 3.05) is 26.2 Å². The second-order valence-corrected chi connectivity index (χ2v) is 7.15. The Balaban J connectivity index is 1.56. The van der Waals surface area contributed by atoms with Gasteiger partial charge in [-0.15, -0.1) is 0 Å². The second-order valence-electron chi connectivity index (χ2n) is 7.15. The number of ether oxygens (including phenoxy) is 1. The highest BCUT2D eigenvalue weighted by Crippen LogP contribution is 2.22. The Kier molecular flexibility index (Phi) is 7.17. The molecule has 9 heteroatoms. The lowest BCUT2D eigenvalue weighted by Crippen LogP contribution is -2.38. The second kappa shape index (κ2) is 9.82. The summed E-state index contributed by atoms with van der Waals surface area (Å²) in [5.41, 5.74) is -0.364. The van der Waals surface area contributed by atoms with Crippen molar-refractivity contribution in [3.8, 4) is 0 Å². The lowest BCUT2D eigenvalue weighted by Gasteiger charge is -2.24. The summed E-state index contributed by atoms with van der Waals surface area (Å²) in [4.78, 5) is 27.1. The Morgan fingerprint density at radius 3 is 2.67 bits per heavy atom. The predicted molar refractivity (Wildman–Crippen MR) is 102 cm³/mol. The van der Waals surface area contributed by atoms with Gasteiger partial charge >= 0.3 is 5.97 Å². The zero-order chi connectivity index (χ0) is 21.7. The number of amides is 1. The molecule has 2 aromatic rings. The highest BCUT2D eigenvalue weighted by atomic mass is 19.2. The molecule has 1 aromatic carbocycles. The van der Waals surface area contributed by atoms with Gasteiger partial charge in [0.2, 0.25) is 0 Å². The molecular weight excluding hydrogens is 398 g/mol. The van der Waals surface area contributed by atoms with Crippen molar-refractivity contribution in [1.82, 2.24) is 9.80 Å². The van der Waals surface area contributed by atoms with Crippen molar-refractivity contribution in [3.63, 3.8) is 0 Å². The first kappa shape index (κ1) is 21.9. The van der Waals surface area contributed by atoms with Crippen LogP contribution in [-0.2, 0) is 27.5 Å². The van der Waals surface area contributed by atoms with Gasteiger partial charge in [0.25, 0.3) is 5.91 Å². The van der Waals surface area contributed by atoms with E-state index in [1.165, 1.54) is 24.0 Å². The van der Waals surface area contributed by atoms with E-state index in [4.69, 9.17) is 9.15 Å². The number of carbonyl (C=O) groups excluding carboxylic acids is 2. The summed E-state index contributed by atoms with van der Waals surface area (Å²) in [6.45, 7) is 3.90. The topological polar surface area (TPSA) is 83.2 Å². The van der Waals surface area contributed by atoms with Crippen molar-refractivity contribution < 1.29 is 32.6 Å². The van der Waals surface area contributed by atoms with Crippen LogP contribution in [0.3, 0.4) is 0 Å². The van der Waals surface area contributed by atoms with Gasteiger partial charge in [0, 0.05) is 38.7 Å². The minimum Gasteiger partial charge on any atom is -0.461 e. The van der Waals surface area contributed by atoms with Crippen molar-refractivity contribution in [3.05, 3.63) is 59.1 Å². The summed E-state index contributed by atoms with van der Waals surface area (Å²) in [5, 5.41) is 10.3. The molecule has 0 saturated carbocycles. The van der Waals surface area contributed by atoms with E-state index in [9.17, 15) is 23.5 Å². The molecule has 1 unspecified atom stereocenters. The molecule has 0 bridgehead atoms. The van der Waals surface area contributed by atoms with Gasteiger partial charge in [-0.2, -0.15) is 0 Å². The Morgan fingerprint density at radius 2 is 1.90 bits per heavy atom. The molecule has 7 nitrogen and oxygen atoms in total. The van der Waals surface area contributed by atoms with E-state index >= 15 is 0 Å². The van der Waals surface area contributed by atoms with Crippen LogP contribution in [0.5, 0.6) is 0 Å². The lowest BCUT2D eigenvalue weighted by molar-refractivity contribution is -0.143. The van der Waals surface area contributed by atoms with Crippen LogP contribution in [0.15, 0.2) is 34.7 Å². The van der Waals surface area contributed by atoms with E-state index in [-0.39, 0.29) is 18.1 Å². The van der Waals surface area contributed by atoms with Gasteiger partial charge in [-0.1, -0.05) is 12.1 Å². The van der Waals surface area contributed by atoms with Gasteiger partial charge in [-0.3, -0.25) is 14.5 Å². The van der Waals surface area contributed by atoms with Crippen molar-refractivity contribution in [2.45, 2.75) is 32.6 Å². The molecule has 0 aliphatic carbocycles. The van der Waals surface area contributed by atoms with Crippen LogP contribution in [0.1, 0.15) is 36.5 Å². The van der Waals surface area contributed by atoms with Crippen LogP contribution in [0.4, 0.5) is 8.78 Å². The number of rotatable bonds is 6. The fourth-order valence-electron chi connectivity index (χ4n) is 3.37. The highest BCUT2D eigenvalue weighted by Gasteiger charge is 2.28. The molecule has 3 rings (SSSR count). The predicted octanol–water partition coefficient (Wildman–Crippen LogP) is 2.39. The summed E-state index contributed by atoms with van der Waals surface area (Å²) in [6.07, 6.45) is -1.09. The molecule has 1 aromatic heterocycles. The third-order valence-electron chi connectivity index (χ3n) is 4.92. The maximum atomic E-state index is 13.9. The first-order chi connectivity index (χ1) is 14.3. The minimum atomic E-state index is -1.75. The number of aliphatic hydroxyl groups is 1. The van der Waals surface area contributed by atoms with Crippen LogP contribution in [-0.4, -0.2) is 53.0 Å². The molecule has 1 saturated heterocycles. The number of nitrogens with zero attached hydrogens (tertiary/aromatic N) is 2. The van der Waals surface area contributed by atoms with Crippen LogP contribution in [0.25, 0.3) is 0 Å². The van der Waals surface area contributed by atoms with Gasteiger partial charge in [-0.25, -0.2) is 8.78 Å². The van der Waals surface area contributed by atoms with E-state index in [2.05, 4.69) is 4.90 Å². The molecule has 0 radical (unpaired) electrons. The first-order valence-corrected chi connectivity index (χ1v) is 9.69. The number of hydrogen-bond donors (Lipinski definition) is 1. The molecule has 1 N–H and O–H groups in total. The number of benzene rings is 1. The number of carbonyl (C=O) groups is 2. The third-order valence-corrected chi connectivity index (χ3v) is 4.92. The summed E-state index contributed by atoms with van der Waals surface area (Å²) < 4.78 is 37.9. The Labute approximate surface area is 172 Å². The first-order valence-electron chi connectivity index (χ1n) is 9.69. The standard InChI is InChI=1S/C21H24F2N2O5/c1-14(26)29-13-16-7-6-15(30-16)12-24-8-3-9-25(11-10-24)21(28)20(27)17-4-2-5-18(22)19(17)23/h2,4-7,20,27H,3,8-13H2,1H3. The molecule has 2 heterocycles. The average Bonchev–Trinajstić information content (AvgIpc) is 3.03. The quantitative estimate of drug-likeness (QED) is 0.720. The Hall–Kier alpha value is -2.78. The van der Waals surface area contributed by atoms with E-state index in [0.29, 0.717) is 50.7 Å². The van der Waals surface area contributed by atoms with E-state index in [1.54, 1.807) is 6.07 Å². The fraction of sp³-hybridized carbons (Fsp3) is 0.429. The largest absolute Gasteiger partial charge is 0.461 e. The Bertz CT molecular complexity index is 901. The molecule has 1 atom stereocenters. The molecule has 162 valence electrons. The number of furan rings is 1. The van der Waals surface area contributed by atoms with Gasteiger partial charge in [0.1, 0.15) is 18.1 Å². The fourth-order valence-corrected chi connectivity index (χ4v) is 3.37. The van der Waals surface area contributed by atoms with E-state index < -0.39 is 23.6 Å². The summed E-state index contributed by atoms with van der Waals surface area (Å²) in [7, 11) is 0. The van der Waals surface area contributed by atoms with Crippen molar-refractivity contribution in [1.29, 1.82) is 0 Å². The number of aliphatic hydroxyl groups excluding tert-OH is 1. The molecular formula is C21H24F2N2O5. The van der Waals surface area contributed by atoms with Gasteiger partial charge in [0.15, 0.2) is 17.7 Å². The van der Waals surface area contributed by atoms with Gasteiger partial charge in [-0.05, 0) is 24.6 Å². The highest BCUT2D eigenvalue weighted by molar-refractivity contribution is 5.82. The normalized spacial score (nSPS) is 16.2. The number of halogens is 2. The van der Waals surface area contributed by atoms with Gasteiger partial charge in [0.05, 0.1) is 6.54 Å². The maximum Gasteiger partial charge on any atom is 0.303 e. The zero-order valence-corrected chi connectivity index (χ0v) is 16.6. The molecule has 1 fully saturated rings. The summed E-state index contributed by atoms with van der Waals surface area (Å²) >= 11 is 0. The number of esters is 1. The monoisotopic (exact) mass is 422 g/mol. The molecule has 30 heavy (non-hydrogen) atoms. The lowest BCUT2D eigenvalue weighted by atomic mass is 10.1. The zero-order valence-electron chi connectivity index (χ0n) is 16.6. The molecule has 1 amide bonds. The minimum absolute atomic E-state index is 0.0755. The van der Waals surface area contributed by atoms with E-state index in [1.807, 2.05) is 6.07 Å². The third kappa shape index (κ3) is 5.43. The number of hydrogen-bond acceptors (Lipinski definition) is 6. The molecule has 1 aliphatic rings. The van der Waals surface area contributed by atoms with Crippen LogP contribution in [0.2, 0.25) is 0 Å². The molecule has 1 aliphatic heterocycles. The average molecular weight is 422 g/mol. The van der Waals surface area contributed by atoms with Crippen molar-refractivity contribution in [2.24, 2.45) is 0 Å². The smallest absolute Gasteiger partial charge is 0.303 e. The molecule has 0 spiro atoms. The SMILES string of the molecule is CC(=O)OCc1ccc(CN2CCCN(C(=O)C(O)c3cccc(F)c3F)CC2)o1. The van der Waals surface area contributed by atoms with Crippen molar-refractivity contribution >= 4 is 11.9 Å². The Morgan fingerprint density at radius 1 is 1.13 bits per heavy atom. The van der Waals surface area contributed by atoms with Crippen LogP contribution < -0.4 is 0 Å². The van der Waals surface area contributed by atoms with Crippen LogP contribution in [0, 0.1) is 11.6 Å². The maximum absolute atomic E-state index is 13.9. The summed E-state index contributed by atoms with van der Waals surface area (Å²) in [5.74, 6) is -2.09.